The zero-order valence-corrected chi connectivity index (χ0v) is 15.5. The van der Waals surface area contributed by atoms with Gasteiger partial charge in [0.1, 0.15) is 0 Å². The van der Waals surface area contributed by atoms with Gasteiger partial charge >= 0.3 is 6.03 Å². The number of benzene rings is 1. The van der Waals surface area contributed by atoms with Gasteiger partial charge in [-0.3, -0.25) is 4.90 Å². The number of carbonyl (C=O) groups is 1. The van der Waals surface area contributed by atoms with E-state index in [2.05, 4.69) is 29.4 Å². The smallest absolute Gasteiger partial charge is 0.319 e. The zero-order chi connectivity index (χ0) is 18.4. The van der Waals surface area contributed by atoms with E-state index < -0.39 is 0 Å². The molecule has 0 spiro atoms. The number of ether oxygens (including phenoxy) is 1. The van der Waals surface area contributed by atoms with Crippen molar-refractivity contribution in [2.45, 2.75) is 20.0 Å². The Morgan fingerprint density at radius 1 is 1.27 bits per heavy atom. The second-order valence-electron chi connectivity index (χ2n) is 7.12. The molecule has 0 saturated carbocycles. The van der Waals surface area contributed by atoms with Crippen LogP contribution in [0.2, 0.25) is 0 Å². The molecular weight excluding hydrogens is 328 g/mol. The fourth-order valence-corrected chi connectivity index (χ4v) is 3.22. The molecule has 26 heavy (non-hydrogen) atoms. The fraction of sp³-hybridized carbons (Fsp3) is 0.450. The normalized spacial score (nSPS) is 18.0. The Balaban J connectivity index is 1.48. The first kappa shape index (κ1) is 18.5. The Morgan fingerprint density at radius 3 is 2.85 bits per heavy atom. The quantitative estimate of drug-likeness (QED) is 0.837. The van der Waals surface area contributed by atoms with E-state index in [0.29, 0.717) is 12.5 Å². The maximum atomic E-state index is 12.2. The van der Waals surface area contributed by atoms with Gasteiger partial charge in [0.2, 0.25) is 0 Å². The standard InChI is InChI=1S/C20H28N4O2/c1-16(2)14-23-10-11-26-19(15-23)13-21-20(25)22-17-6-5-7-18(12-17)24-8-3-4-9-24/h3-9,12,16,19H,10-11,13-15H2,1-2H3,(H2,21,22,25). The van der Waals surface area contributed by atoms with Crippen molar-refractivity contribution in [3.63, 3.8) is 0 Å². The van der Waals surface area contributed by atoms with Crippen LogP contribution in [0, 0.1) is 5.92 Å². The van der Waals surface area contributed by atoms with Crippen LogP contribution in [0.25, 0.3) is 5.69 Å². The number of urea groups is 1. The van der Waals surface area contributed by atoms with Crippen LogP contribution in [0.15, 0.2) is 48.8 Å². The monoisotopic (exact) mass is 356 g/mol. The molecule has 1 aromatic carbocycles. The molecule has 1 atom stereocenters. The molecule has 1 aliphatic rings. The molecule has 6 nitrogen and oxygen atoms in total. The lowest BCUT2D eigenvalue weighted by molar-refractivity contribution is -0.0288. The van der Waals surface area contributed by atoms with Gasteiger partial charge in [0.15, 0.2) is 0 Å². The SMILES string of the molecule is CC(C)CN1CCOC(CNC(=O)Nc2cccc(-n3cccc3)c2)C1. The number of carbonyl (C=O) groups excluding carboxylic acids is 1. The summed E-state index contributed by atoms with van der Waals surface area (Å²) in [6, 6.07) is 11.5. The number of nitrogens with zero attached hydrogens (tertiary/aromatic N) is 2. The van der Waals surface area contributed by atoms with Crippen LogP contribution >= 0.6 is 0 Å². The molecule has 0 bridgehead atoms. The third-order valence-corrected chi connectivity index (χ3v) is 4.34. The summed E-state index contributed by atoms with van der Waals surface area (Å²) in [5.41, 5.74) is 1.77. The minimum atomic E-state index is -0.209. The third-order valence-electron chi connectivity index (χ3n) is 4.34. The van der Waals surface area contributed by atoms with Crippen LogP contribution < -0.4 is 10.6 Å². The largest absolute Gasteiger partial charge is 0.374 e. The van der Waals surface area contributed by atoms with Crippen molar-refractivity contribution in [3.8, 4) is 5.69 Å². The number of amides is 2. The molecule has 140 valence electrons. The molecule has 1 saturated heterocycles. The van der Waals surface area contributed by atoms with Crippen molar-refractivity contribution in [1.29, 1.82) is 0 Å². The molecule has 0 aliphatic carbocycles. The summed E-state index contributed by atoms with van der Waals surface area (Å²) in [6.07, 6.45) is 3.99. The van der Waals surface area contributed by atoms with Crippen molar-refractivity contribution >= 4 is 11.7 Å². The molecular formula is C20H28N4O2. The Bertz CT molecular complexity index is 700. The van der Waals surface area contributed by atoms with E-state index in [4.69, 9.17) is 4.74 Å². The molecule has 6 heteroatoms. The molecule has 3 rings (SSSR count). The third kappa shape index (κ3) is 5.34. The van der Waals surface area contributed by atoms with Crippen LogP contribution in [-0.2, 0) is 4.74 Å². The summed E-state index contributed by atoms with van der Waals surface area (Å²) in [7, 11) is 0. The van der Waals surface area contributed by atoms with Gasteiger partial charge in [-0.1, -0.05) is 19.9 Å². The van der Waals surface area contributed by atoms with Gasteiger partial charge in [-0.2, -0.15) is 0 Å². The predicted octanol–water partition coefficient (Wildman–Crippen LogP) is 2.96. The number of hydrogen-bond acceptors (Lipinski definition) is 3. The maximum absolute atomic E-state index is 12.2. The molecule has 0 radical (unpaired) electrons. The molecule has 1 aromatic heterocycles. The second kappa shape index (κ2) is 8.87. The first-order chi connectivity index (χ1) is 12.6. The van der Waals surface area contributed by atoms with E-state index in [1.54, 1.807) is 0 Å². The van der Waals surface area contributed by atoms with E-state index in [0.717, 1.165) is 37.6 Å². The molecule has 2 aromatic rings. The number of hydrogen-bond donors (Lipinski definition) is 2. The Morgan fingerprint density at radius 2 is 2.08 bits per heavy atom. The lowest BCUT2D eigenvalue weighted by Crippen LogP contribution is -2.48. The van der Waals surface area contributed by atoms with Crippen molar-refractivity contribution in [3.05, 3.63) is 48.8 Å². The second-order valence-corrected chi connectivity index (χ2v) is 7.12. The molecule has 1 unspecified atom stereocenters. The number of morpholine rings is 1. The summed E-state index contributed by atoms with van der Waals surface area (Å²) >= 11 is 0. The van der Waals surface area contributed by atoms with E-state index >= 15 is 0 Å². The topological polar surface area (TPSA) is 58.5 Å². The van der Waals surface area contributed by atoms with Crippen molar-refractivity contribution in [1.82, 2.24) is 14.8 Å². The van der Waals surface area contributed by atoms with E-state index in [9.17, 15) is 4.79 Å². The van der Waals surface area contributed by atoms with Gasteiger partial charge in [-0.25, -0.2) is 4.79 Å². The van der Waals surface area contributed by atoms with Crippen LogP contribution in [-0.4, -0.2) is 54.4 Å². The Labute approximate surface area is 155 Å². The average molecular weight is 356 g/mol. The van der Waals surface area contributed by atoms with Gasteiger partial charge in [-0.05, 0) is 36.2 Å². The molecule has 2 amide bonds. The molecule has 2 N–H and O–H groups in total. The van der Waals surface area contributed by atoms with Crippen LogP contribution in [0.4, 0.5) is 10.5 Å². The lowest BCUT2D eigenvalue weighted by atomic mass is 10.2. The van der Waals surface area contributed by atoms with Gasteiger partial charge in [0.25, 0.3) is 0 Å². The molecule has 1 fully saturated rings. The number of anilines is 1. The van der Waals surface area contributed by atoms with Crippen molar-refractivity contribution in [2.75, 3.05) is 38.1 Å². The average Bonchev–Trinajstić information content (AvgIpc) is 3.15. The minimum absolute atomic E-state index is 0.0412. The summed E-state index contributed by atoms with van der Waals surface area (Å²) in [5.74, 6) is 0.637. The number of rotatable bonds is 6. The first-order valence-corrected chi connectivity index (χ1v) is 9.22. The van der Waals surface area contributed by atoms with Crippen molar-refractivity contribution < 1.29 is 9.53 Å². The Kier molecular flexibility index (Phi) is 6.30. The first-order valence-electron chi connectivity index (χ1n) is 9.22. The van der Waals surface area contributed by atoms with Crippen molar-refractivity contribution in [2.24, 2.45) is 5.92 Å². The summed E-state index contributed by atoms with van der Waals surface area (Å²) < 4.78 is 7.77. The van der Waals surface area contributed by atoms with Gasteiger partial charge < -0.3 is 19.9 Å². The van der Waals surface area contributed by atoms with Crippen LogP contribution in [0.3, 0.4) is 0 Å². The summed E-state index contributed by atoms with van der Waals surface area (Å²) in [6.45, 7) is 8.57. The van der Waals surface area contributed by atoms with Gasteiger partial charge in [0, 0.05) is 49.9 Å². The van der Waals surface area contributed by atoms with E-state index in [1.165, 1.54) is 0 Å². The van der Waals surface area contributed by atoms with Gasteiger partial charge in [0.05, 0.1) is 12.7 Å². The van der Waals surface area contributed by atoms with E-state index in [-0.39, 0.29) is 12.1 Å². The van der Waals surface area contributed by atoms with Crippen LogP contribution in [0.5, 0.6) is 0 Å². The molecule has 2 heterocycles. The van der Waals surface area contributed by atoms with Crippen LogP contribution in [0.1, 0.15) is 13.8 Å². The van der Waals surface area contributed by atoms with E-state index in [1.807, 2.05) is 53.4 Å². The summed E-state index contributed by atoms with van der Waals surface area (Å²) in [4.78, 5) is 14.6. The molecule has 1 aliphatic heterocycles. The summed E-state index contributed by atoms with van der Waals surface area (Å²) in [5, 5.41) is 5.82. The highest BCUT2D eigenvalue weighted by Crippen LogP contribution is 2.15. The highest BCUT2D eigenvalue weighted by atomic mass is 16.5. The maximum Gasteiger partial charge on any atom is 0.319 e. The van der Waals surface area contributed by atoms with Gasteiger partial charge in [-0.15, -0.1) is 0 Å². The zero-order valence-electron chi connectivity index (χ0n) is 15.5. The number of aromatic nitrogens is 1. The Hall–Kier alpha value is -2.31. The number of nitrogens with one attached hydrogen (secondary N) is 2. The highest BCUT2D eigenvalue weighted by molar-refractivity contribution is 5.89. The highest BCUT2D eigenvalue weighted by Gasteiger charge is 2.21. The predicted molar refractivity (Wildman–Crippen MR) is 104 cm³/mol. The fourth-order valence-electron chi connectivity index (χ4n) is 3.22. The minimum Gasteiger partial charge on any atom is -0.374 e. The lowest BCUT2D eigenvalue weighted by Gasteiger charge is -2.33.